The highest BCUT2D eigenvalue weighted by Gasteiger charge is 2.27. The molecule has 0 fully saturated rings. The molecule has 0 bridgehead atoms. The number of aryl methyl sites for hydroxylation is 1. The highest BCUT2D eigenvalue weighted by Crippen LogP contribution is 2.39. The molecule has 1 aliphatic carbocycles. The number of rotatable bonds is 8. The van der Waals surface area contributed by atoms with Gasteiger partial charge in [-0.15, -0.1) is 11.3 Å². The first kappa shape index (κ1) is 30.5. The van der Waals surface area contributed by atoms with Gasteiger partial charge in [0.2, 0.25) is 5.91 Å². The average molecular weight is 610 g/mol. The van der Waals surface area contributed by atoms with Crippen LogP contribution in [0.1, 0.15) is 72.5 Å². The van der Waals surface area contributed by atoms with Crippen LogP contribution in [0.5, 0.6) is 0 Å². The Morgan fingerprint density at radius 2 is 1.77 bits per heavy atom. The van der Waals surface area contributed by atoms with Crippen molar-refractivity contribution < 1.29 is 14.3 Å². The van der Waals surface area contributed by atoms with Gasteiger partial charge in [0.1, 0.15) is 16.1 Å². The summed E-state index contributed by atoms with van der Waals surface area (Å²) < 4.78 is 5.34. The molecule has 0 saturated carbocycles. The Morgan fingerprint density at radius 3 is 2.44 bits per heavy atom. The number of hydrogen-bond donors (Lipinski definition) is 1. The summed E-state index contributed by atoms with van der Waals surface area (Å²) in [5.41, 5.74) is 6.48. The number of esters is 1. The van der Waals surface area contributed by atoms with Crippen LogP contribution in [0.15, 0.2) is 65.7 Å². The van der Waals surface area contributed by atoms with Gasteiger partial charge in [-0.3, -0.25) is 4.79 Å². The molecule has 6 nitrogen and oxygen atoms in total. The second kappa shape index (κ2) is 13.2. The number of hydrogen-bond acceptors (Lipinski definition) is 7. The molecule has 0 spiro atoms. The minimum Gasteiger partial charge on any atom is -0.462 e. The summed E-state index contributed by atoms with van der Waals surface area (Å²) in [6.45, 7) is 8.56. The van der Waals surface area contributed by atoms with Crippen molar-refractivity contribution in [3.63, 3.8) is 0 Å². The van der Waals surface area contributed by atoms with E-state index in [0.29, 0.717) is 21.2 Å². The second-order valence-corrected chi connectivity index (χ2v) is 13.6. The monoisotopic (exact) mass is 609 g/mol. The standard InChI is InChI=1S/C35H35N3O3S2/c1-5-41-34(40)31-25-13-9-10-14-29(25)43-33(31)38-30(39)21-42-32-27(20-36)26(19-28(37-32)23-11-7-6-8-12-23)22-15-17-24(18-16-22)35(2,3)4/h6-8,11-12,15-19H,5,9-10,13-14,21H2,1-4H3,(H,38,39). The van der Waals surface area contributed by atoms with E-state index in [1.165, 1.54) is 28.7 Å². The van der Waals surface area contributed by atoms with Crippen molar-refractivity contribution in [3.05, 3.63) is 87.8 Å². The topological polar surface area (TPSA) is 92.1 Å². The van der Waals surface area contributed by atoms with Crippen molar-refractivity contribution in [1.29, 1.82) is 5.26 Å². The smallest absolute Gasteiger partial charge is 0.341 e. The first-order chi connectivity index (χ1) is 20.7. The van der Waals surface area contributed by atoms with Gasteiger partial charge in [-0.05, 0) is 60.8 Å². The van der Waals surface area contributed by atoms with Gasteiger partial charge >= 0.3 is 5.97 Å². The normalized spacial score (nSPS) is 12.7. The number of pyridine rings is 1. The molecule has 5 rings (SSSR count). The number of carbonyl (C=O) groups is 2. The number of anilines is 1. The quantitative estimate of drug-likeness (QED) is 0.159. The first-order valence-electron chi connectivity index (χ1n) is 14.6. The number of thiophene rings is 1. The van der Waals surface area contributed by atoms with E-state index >= 15 is 0 Å². The van der Waals surface area contributed by atoms with Crippen LogP contribution in [0.25, 0.3) is 22.4 Å². The van der Waals surface area contributed by atoms with Crippen molar-refractivity contribution in [2.24, 2.45) is 0 Å². The van der Waals surface area contributed by atoms with Crippen molar-refractivity contribution in [1.82, 2.24) is 4.98 Å². The number of nitrogens with one attached hydrogen (secondary N) is 1. The molecule has 0 saturated heterocycles. The summed E-state index contributed by atoms with van der Waals surface area (Å²) in [6.07, 6.45) is 3.80. The highest BCUT2D eigenvalue weighted by molar-refractivity contribution is 8.00. The lowest BCUT2D eigenvalue weighted by atomic mass is 9.86. The maximum atomic E-state index is 13.3. The third-order valence-electron chi connectivity index (χ3n) is 7.47. The molecular formula is C35H35N3O3S2. The van der Waals surface area contributed by atoms with Crippen LogP contribution in [0, 0.1) is 11.3 Å². The Labute approximate surface area is 261 Å². The molecule has 0 unspecified atom stereocenters. The number of carbonyl (C=O) groups excluding carboxylic acids is 2. The van der Waals surface area contributed by atoms with E-state index in [-0.39, 0.29) is 23.7 Å². The van der Waals surface area contributed by atoms with Crippen molar-refractivity contribution >= 4 is 40.0 Å². The van der Waals surface area contributed by atoms with Gasteiger partial charge in [-0.25, -0.2) is 9.78 Å². The molecule has 1 N–H and O–H groups in total. The molecule has 8 heteroatoms. The minimum atomic E-state index is -0.393. The van der Waals surface area contributed by atoms with Crippen LogP contribution in [-0.2, 0) is 27.8 Å². The number of amides is 1. The SMILES string of the molecule is CCOC(=O)c1c(NC(=O)CSc2nc(-c3ccccc3)cc(-c3ccc(C(C)(C)C)cc3)c2C#N)sc2c1CCCC2. The fourth-order valence-electron chi connectivity index (χ4n) is 5.24. The van der Waals surface area contributed by atoms with E-state index in [1.54, 1.807) is 6.92 Å². The molecule has 4 aromatic rings. The van der Waals surface area contributed by atoms with Crippen molar-refractivity contribution in [3.8, 4) is 28.5 Å². The van der Waals surface area contributed by atoms with Crippen LogP contribution >= 0.6 is 23.1 Å². The lowest BCUT2D eigenvalue weighted by molar-refractivity contribution is -0.113. The molecule has 2 aromatic carbocycles. The Hall–Kier alpha value is -3.93. The van der Waals surface area contributed by atoms with Gasteiger partial charge in [-0.1, -0.05) is 87.1 Å². The summed E-state index contributed by atoms with van der Waals surface area (Å²) in [5.74, 6) is -0.621. The maximum Gasteiger partial charge on any atom is 0.341 e. The average Bonchev–Trinajstić information content (AvgIpc) is 3.37. The largest absolute Gasteiger partial charge is 0.462 e. The van der Waals surface area contributed by atoms with Crippen molar-refractivity contribution in [2.45, 2.75) is 63.8 Å². The van der Waals surface area contributed by atoms with Gasteiger partial charge in [0.15, 0.2) is 0 Å². The summed E-state index contributed by atoms with van der Waals surface area (Å²) in [7, 11) is 0. The van der Waals surface area contributed by atoms with Crippen LogP contribution < -0.4 is 5.32 Å². The number of nitriles is 1. The minimum absolute atomic E-state index is 0.00733. The molecule has 43 heavy (non-hydrogen) atoms. The Kier molecular flexibility index (Phi) is 9.34. The van der Waals surface area contributed by atoms with E-state index in [9.17, 15) is 14.9 Å². The second-order valence-electron chi connectivity index (χ2n) is 11.5. The molecule has 0 atom stereocenters. The Morgan fingerprint density at radius 1 is 1.05 bits per heavy atom. The molecule has 2 heterocycles. The van der Waals surface area contributed by atoms with Gasteiger partial charge in [0.05, 0.1) is 29.2 Å². The number of nitrogens with zero attached hydrogens (tertiary/aromatic N) is 2. The predicted molar refractivity (Wildman–Crippen MR) is 175 cm³/mol. The number of benzene rings is 2. The van der Waals surface area contributed by atoms with Crippen LogP contribution in [0.2, 0.25) is 0 Å². The van der Waals surface area contributed by atoms with Gasteiger partial charge in [0, 0.05) is 16.0 Å². The van der Waals surface area contributed by atoms with Crippen LogP contribution in [-0.4, -0.2) is 29.2 Å². The van der Waals surface area contributed by atoms with Gasteiger partial charge in [-0.2, -0.15) is 5.26 Å². The Bertz CT molecular complexity index is 1680. The molecule has 1 aliphatic rings. The number of thioether (sulfide) groups is 1. The molecule has 0 radical (unpaired) electrons. The van der Waals surface area contributed by atoms with E-state index in [2.05, 4.69) is 44.3 Å². The zero-order chi connectivity index (χ0) is 30.6. The summed E-state index contributed by atoms with van der Waals surface area (Å²) in [4.78, 5) is 32.1. The van der Waals surface area contributed by atoms with Gasteiger partial charge < -0.3 is 10.1 Å². The first-order valence-corrected chi connectivity index (χ1v) is 16.4. The lowest BCUT2D eigenvalue weighted by Gasteiger charge is -2.19. The van der Waals surface area contributed by atoms with E-state index in [4.69, 9.17) is 9.72 Å². The zero-order valence-electron chi connectivity index (χ0n) is 25.0. The highest BCUT2D eigenvalue weighted by atomic mass is 32.2. The van der Waals surface area contributed by atoms with E-state index in [0.717, 1.165) is 58.5 Å². The Balaban J connectivity index is 1.46. The molecule has 2 aromatic heterocycles. The number of aromatic nitrogens is 1. The van der Waals surface area contributed by atoms with Crippen LogP contribution in [0.4, 0.5) is 5.00 Å². The van der Waals surface area contributed by atoms with E-state index in [1.807, 2.05) is 48.5 Å². The van der Waals surface area contributed by atoms with Gasteiger partial charge in [0.25, 0.3) is 0 Å². The summed E-state index contributed by atoms with van der Waals surface area (Å²) >= 11 is 2.69. The third kappa shape index (κ3) is 6.84. The molecule has 220 valence electrons. The molecule has 0 aliphatic heterocycles. The van der Waals surface area contributed by atoms with Crippen LogP contribution in [0.3, 0.4) is 0 Å². The fourth-order valence-corrected chi connectivity index (χ4v) is 7.33. The summed E-state index contributed by atoms with van der Waals surface area (Å²) in [6, 6.07) is 22.4. The predicted octanol–water partition coefficient (Wildman–Crippen LogP) is 8.43. The lowest BCUT2D eigenvalue weighted by Crippen LogP contribution is -2.17. The fraction of sp³-hybridized carbons (Fsp3) is 0.314. The number of fused-ring (bicyclic) bond motifs is 1. The molecular weight excluding hydrogens is 575 g/mol. The zero-order valence-corrected chi connectivity index (χ0v) is 26.6. The van der Waals surface area contributed by atoms with E-state index < -0.39 is 5.97 Å². The maximum absolute atomic E-state index is 13.3. The third-order valence-corrected chi connectivity index (χ3v) is 9.66. The molecule has 1 amide bonds. The summed E-state index contributed by atoms with van der Waals surface area (Å²) in [5, 5.41) is 14.3. The van der Waals surface area contributed by atoms with Crippen molar-refractivity contribution in [2.75, 3.05) is 17.7 Å². The number of ether oxygens (including phenoxy) is 1.